The molecule has 3 amide bonds. The second-order valence-corrected chi connectivity index (χ2v) is 7.51. The average molecular weight is 383 g/mol. The smallest absolute Gasteiger partial charge is 0.319 e. The van der Waals surface area contributed by atoms with Crippen molar-refractivity contribution in [3.63, 3.8) is 0 Å². The SMILES string of the molecule is C[C@H](C(=O)c1cccc(Cl)c1)N1C(=O)N[C@@]2(CCCc3ccccc32)C1=O. The quantitative estimate of drug-likeness (QED) is 0.650. The van der Waals surface area contributed by atoms with Crippen LogP contribution in [0.25, 0.3) is 0 Å². The lowest BCUT2D eigenvalue weighted by molar-refractivity contribution is -0.133. The highest BCUT2D eigenvalue weighted by atomic mass is 35.5. The zero-order valence-electron chi connectivity index (χ0n) is 14.9. The highest BCUT2D eigenvalue weighted by Crippen LogP contribution is 2.40. The van der Waals surface area contributed by atoms with E-state index in [1.54, 1.807) is 31.2 Å². The predicted molar refractivity (Wildman–Crippen MR) is 102 cm³/mol. The fourth-order valence-corrected chi connectivity index (χ4v) is 4.32. The predicted octanol–water partition coefficient (Wildman–Crippen LogP) is 3.69. The summed E-state index contributed by atoms with van der Waals surface area (Å²) >= 11 is 5.97. The first kappa shape index (κ1) is 17.7. The van der Waals surface area contributed by atoms with Crippen LogP contribution in [0.2, 0.25) is 5.02 Å². The molecule has 6 heteroatoms. The van der Waals surface area contributed by atoms with Crippen LogP contribution in [0.4, 0.5) is 4.79 Å². The molecule has 138 valence electrons. The number of carbonyl (C=O) groups excluding carboxylic acids is 3. The van der Waals surface area contributed by atoms with Gasteiger partial charge in [-0.05, 0) is 49.4 Å². The Labute approximate surface area is 162 Å². The maximum Gasteiger partial charge on any atom is 0.325 e. The second-order valence-electron chi connectivity index (χ2n) is 7.07. The van der Waals surface area contributed by atoms with Gasteiger partial charge in [-0.1, -0.05) is 48.0 Å². The first-order valence-corrected chi connectivity index (χ1v) is 9.36. The van der Waals surface area contributed by atoms with E-state index in [0.29, 0.717) is 17.0 Å². The van der Waals surface area contributed by atoms with E-state index in [4.69, 9.17) is 11.6 Å². The topological polar surface area (TPSA) is 66.5 Å². The molecule has 1 spiro atoms. The van der Waals surface area contributed by atoms with Crippen molar-refractivity contribution >= 4 is 29.3 Å². The Morgan fingerprint density at radius 2 is 1.96 bits per heavy atom. The summed E-state index contributed by atoms with van der Waals surface area (Å²) in [6.45, 7) is 1.58. The number of nitrogens with one attached hydrogen (secondary N) is 1. The summed E-state index contributed by atoms with van der Waals surface area (Å²) in [5.74, 6) is -0.676. The normalized spacial score (nSPS) is 22.5. The molecule has 4 rings (SSSR count). The standard InChI is InChI=1S/C21H19ClN2O3/c1-13(18(25)15-7-4-9-16(22)12-15)24-19(26)21(23-20(24)27)11-5-8-14-6-2-3-10-17(14)21/h2-4,6-7,9-10,12-13H,5,8,11H2,1H3,(H,23,27)/t13-,21-/m1/s1. The van der Waals surface area contributed by atoms with Gasteiger partial charge in [0, 0.05) is 10.6 Å². The van der Waals surface area contributed by atoms with Crippen molar-refractivity contribution < 1.29 is 14.4 Å². The molecular weight excluding hydrogens is 364 g/mol. The van der Waals surface area contributed by atoms with Crippen molar-refractivity contribution in [3.05, 3.63) is 70.2 Å². The highest BCUT2D eigenvalue weighted by molar-refractivity contribution is 6.31. The van der Waals surface area contributed by atoms with Gasteiger partial charge in [-0.3, -0.25) is 14.5 Å². The summed E-state index contributed by atoms with van der Waals surface area (Å²) in [6, 6.07) is 12.8. The molecule has 2 aromatic rings. The van der Waals surface area contributed by atoms with Gasteiger partial charge in [0.25, 0.3) is 5.91 Å². The number of benzene rings is 2. The summed E-state index contributed by atoms with van der Waals surface area (Å²) in [5.41, 5.74) is 1.20. The van der Waals surface area contributed by atoms with E-state index >= 15 is 0 Å². The lowest BCUT2D eigenvalue weighted by Gasteiger charge is -2.33. The second kappa shape index (κ2) is 6.50. The molecule has 1 fully saturated rings. The van der Waals surface area contributed by atoms with E-state index in [1.807, 2.05) is 24.3 Å². The average Bonchev–Trinajstić information content (AvgIpc) is 2.91. The summed E-state index contributed by atoms with van der Waals surface area (Å²) in [5, 5.41) is 3.32. The van der Waals surface area contributed by atoms with Crippen LogP contribution in [0.5, 0.6) is 0 Å². The molecule has 1 N–H and O–H groups in total. The number of imide groups is 1. The molecule has 0 bridgehead atoms. The number of carbonyl (C=O) groups is 3. The van der Waals surface area contributed by atoms with Crippen LogP contribution >= 0.6 is 11.6 Å². The Morgan fingerprint density at radius 1 is 1.19 bits per heavy atom. The molecule has 2 atom stereocenters. The Hall–Kier alpha value is -2.66. The minimum atomic E-state index is -1.07. The Bertz CT molecular complexity index is 958. The molecule has 0 aromatic heterocycles. The van der Waals surface area contributed by atoms with Crippen LogP contribution < -0.4 is 5.32 Å². The van der Waals surface area contributed by atoms with Crippen LogP contribution in [0.1, 0.15) is 41.3 Å². The summed E-state index contributed by atoms with van der Waals surface area (Å²) in [4.78, 5) is 40.0. The monoisotopic (exact) mass is 382 g/mol. The number of rotatable bonds is 3. The van der Waals surface area contributed by atoms with Crippen molar-refractivity contribution in [1.29, 1.82) is 0 Å². The lowest BCUT2D eigenvalue weighted by Crippen LogP contribution is -2.48. The molecule has 1 heterocycles. The van der Waals surface area contributed by atoms with E-state index < -0.39 is 17.6 Å². The molecule has 1 saturated heterocycles. The summed E-state index contributed by atoms with van der Waals surface area (Å²) in [7, 11) is 0. The molecule has 0 radical (unpaired) electrons. The van der Waals surface area contributed by atoms with Crippen molar-refractivity contribution in [1.82, 2.24) is 10.2 Å². The van der Waals surface area contributed by atoms with Crippen molar-refractivity contribution in [2.75, 3.05) is 0 Å². The summed E-state index contributed by atoms with van der Waals surface area (Å²) < 4.78 is 0. The molecule has 1 aliphatic carbocycles. The Morgan fingerprint density at radius 3 is 2.74 bits per heavy atom. The molecular formula is C21H19ClN2O3. The summed E-state index contributed by atoms with van der Waals surface area (Å²) in [6.07, 6.45) is 2.20. The van der Waals surface area contributed by atoms with E-state index in [-0.39, 0.29) is 11.7 Å². The molecule has 2 aromatic carbocycles. The molecule has 2 aliphatic rings. The molecule has 1 aliphatic heterocycles. The van der Waals surface area contributed by atoms with Crippen molar-refractivity contribution in [2.24, 2.45) is 0 Å². The van der Waals surface area contributed by atoms with E-state index in [0.717, 1.165) is 28.9 Å². The minimum absolute atomic E-state index is 0.317. The number of Topliss-reactive ketones (excluding diaryl/α,β-unsaturated/α-hetero) is 1. The number of nitrogens with zero attached hydrogens (tertiary/aromatic N) is 1. The first-order valence-electron chi connectivity index (χ1n) is 8.98. The molecule has 0 unspecified atom stereocenters. The van der Waals surface area contributed by atoms with Crippen LogP contribution in [0.15, 0.2) is 48.5 Å². The number of aryl methyl sites for hydroxylation is 1. The van der Waals surface area contributed by atoms with Gasteiger partial charge in [-0.2, -0.15) is 0 Å². The largest absolute Gasteiger partial charge is 0.325 e. The molecule has 27 heavy (non-hydrogen) atoms. The number of fused-ring (bicyclic) bond motifs is 2. The molecule has 5 nitrogen and oxygen atoms in total. The van der Waals surface area contributed by atoms with E-state index in [2.05, 4.69) is 5.32 Å². The van der Waals surface area contributed by atoms with Gasteiger partial charge in [0.15, 0.2) is 5.78 Å². The number of ketones is 1. The Balaban J connectivity index is 1.69. The number of hydrogen-bond donors (Lipinski definition) is 1. The zero-order valence-corrected chi connectivity index (χ0v) is 15.6. The van der Waals surface area contributed by atoms with Gasteiger partial charge in [0.1, 0.15) is 11.6 Å². The van der Waals surface area contributed by atoms with Crippen LogP contribution in [-0.4, -0.2) is 28.7 Å². The van der Waals surface area contributed by atoms with Gasteiger partial charge in [0.2, 0.25) is 0 Å². The third-order valence-electron chi connectivity index (χ3n) is 5.47. The highest BCUT2D eigenvalue weighted by Gasteiger charge is 2.55. The van der Waals surface area contributed by atoms with Gasteiger partial charge in [-0.25, -0.2) is 4.79 Å². The van der Waals surface area contributed by atoms with Gasteiger partial charge in [0.05, 0.1) is 0 Å². The van der Waals surface area contributed by atoms with Gasteiger partial charge < -0.3 is 5.32 Å². The van der Waals surface area contributed by atoms with Crippen molar-refractivity contribution in [2.45, 2.75) is 37.8 Å². The third kappa shape index (κ3) is 2.73. The number of halogens is 1. The maximum atomic E-state index is 13.4. The minimum Gasteiger partial charge on any atom is -0.319 e. The van der Waals surface area contributed by atoms with E-state index in [1.165, 1.54) is 0 Å². The van der Waals surface area contributed by atoms with Crippen molar-refractivity contribution in [3.8, 4) is 0 Å². The number of amides is 3. The zero-order chi connectivity index (χ0) is 19.2. The van der Waals surface area contributed by atoms with Crippen LogP contribution in [0, 0.1) is 0 Å². The lowest BCUT2D eigenvalue weighted by atomic mass is 9.76. The maximum absolute atomic E-state index is 13.4. The van der Waals surface area contributed by atoms with Gasteiger partial charge in [-0.15, -0.1) is 0 Å². The number of hydrogen-bond acceptors (Lipinski definition) is 3. The molecule has 0 saturated carbocycles. The third-order valence-corrected chi connectivity index (χ3v) is 5.71. The fraction of sp³-hybridized carbons (Fsp3) is 0.286. The van der Waals surface area contributed by atoms with Crippen LogP contribution in [-0.2, 0) is 16.8 Å². The Kier molecular flexibility index (Phi) is 4.27. The number of urea groups is 1. The first-order chi connectivity index (χ1) is 12.9. The van der Waals surface area contributed by atoms with E-state index in [9.17, 15) is 14.4 Å². The van der Waals surface area contributed by atoms with Gasteiger partial charge >= 0.3 is 6.03 Å². The fourth-order valence-electron chi connectivity index (χ4n) is 4.13. The van der Waals surface area contributed by atoms with Crippen LogP contribution in [0.3, 0.4) is 0 Å².